The molecule has 0 aliphatic carbocycles. The summed E-state index contributed by atoms with van der Waals surface area (Å²) in [5, 5.41) is 7.65. The van der Waals surface area contributed by atoms with E-state index < -0.39 is 0 Å². The van der Waals surface area contributed by atoms with Crippen molar-refractivity contribution in [3.05, 3.63) is 102 Å². The molecule has 3 unspecified atom stereocenters. The molecule has 25 heavy (non-hydrogen) atoms. The maximum atomic E-state index is 3.84. The largest absolute Gasteiger partial charge is 0.377 e. The molecule has 0 saturated carbocycles. The highest BCUT2D eigenvalue weighted by Crippen LogP contribution is 2.58. The molecule has 1 spiro atoms. The van der Waals surface area contributed by atoms with Crippen LogP contribution in [0.5, 0.6) is 0 Å². The molecule has 2 aliphatic heterocycles. The van der Waals surface area contributed by atoms with Crippen LogP contribution in [0.4, 0.5) is 5.69 Å². The summed E-state index contributed by atoms with van der Waals surface area (Å²) < 4.78 is 0. The fourth-order valence-corrected chi connectivity index (χ4v) is 4.89. The predicted molar refractivity (Wildman–Crippen MR) is 103 cm³/mol. The maximum absolute atomic E-state index is 3.84. The summed E-state index contributed by atoms with van der Waals surface area (Å²) in [6, 6.07) is 31.3. The summed E-state index contributed by atoms with van der Waals surface area (Å²) in [5.41, 5.74) is 5.51. The van der Waals surface area contributed by atoms with E-state index in [2.05, 4.69) is 95.6 Å². The van der Waals surface area contributed by atoms with Gasteiger partial charge in [-0.25, -0.2) is 0 Å². The van der Waals surface area contributed by atoms with Gasteiger partial charge < -0.3 is 10.6 Å². The molecule has 3 aromatic carbocycles. The maximum Gasteiger partial charge on any atom is 0.0630 e. The molecule has 3 aromatic rings. The third kappa shape index (κ3) is 2.14. The Morgan fingerprint density at radius 1 is 0.680 bits per heavy atom. The van der Waals surface area contributed by atoms with Crippen LogP contribution in [-0.2, 0) is 5.41 Å². The van der Waals surface area contributed by atoms with Crippen molar-refractivity contribution in [1.29, 1.82) is 0 Å². The predicted octanol–water partition coefficient (Wildman–Crippen LogP) is 4.83. The first-order chi connectivity index (χ1) is 12.4. The summed E-state index contributed by atoms with van der Waals surface area (Å²) in [5.74, 6) is 0. The lowest BCUT2D eigenvalue weighted by Crippen LogP contribution is -2.37. The first kappa shape index (κ1) is 14.7. The van der Waals surface area contributed by atoms with Crippen molar-refractivity contribution in [3.8, 4) is 0 Å². The van der Waals surface area contributed by atoms with Gasteiger partial charge in [0.15, 0.2) is 0 Å². The molecule has 5 rings (SSSR count). The van der Waals surface area contributed by atoms with Crippen molar-refractivity contribution in [2.75, 3.05) is 11.9 Å². The van der Waals surface area contributed by atoms with Crippen LogP contribution in [-0.4, -0.2) is 6.54 Å². The van der Waals surface area contributed by atoms with E-state index in [-0.39, 0.29) is 11.5 Å². The second kappa shape index (κ2) is 5.75. The average Bonchev–Trinajstić information content (AvgIpc) is 3.27. The number of anilines is 1. The SMILES string of the molecule is c1ccc(C2NCCC23c2ccccc2NC3c2ccccc2)cc1. The van der Waals surface area contributed by atoms with Gasteiger partial charge in [0.25, 0.3) is 0 Å². The molecule has 2 heteroatoms. The minimum Gasteiger partial charge on any atom is -0.377 e. The Labute approximate surface area is 148 Å². The van der Waals surface area contributed by atoms with Crippen LogP contribution in [0, 0.1) is 0 Å². The van der Waals surface area contributed by atoms with Crippen molar-refractivity contribution in [3.63, 3.8) is 0 Å². The van der Waals surface area contributed by atoms with Gasteiger partial charge in [0.1, 0.15) is 0 Å². The normalized spacial score (nSPS) is 27.2. The average molecular weight is 326 g/mol. The van der Waals surface area contributed by atoms with Crippen LogP contribution in [0.2, 0.25) is 0 Å². The van der Waals surface area contributed by atoms with Gasteiger partial charge in [-0.05, 0) is 35.7 Å². The van der Waals surface area contributed by atoms with Crippen LogP contribution in [0.25, 0.3) is 0 Å². The van der Waals surface area contributed by atoms with Crippen LogP contribution in [0.1, 0.15) is 35.2 Å². The number of rotatable bonds is 2. The van der Waals surface area contributed by atoms with Gasteiger partial charge in [-0.15, -0.1) is 0 Å². The summed E-state index contributed by atoms with van der Waals surface area (Å²) in [7, 11) is 0. The minimum absolute atomic E-state index is 0.0410. The third-order valence-corrected chi connectivity index (χ3v) is 5.91. The number of nitrogens with one attached hydrogen (secondary N) is 2. The second-order valence-corrected chi connectivity index (χ2v) is 7.12. The zero-order chi connectivity index (χ0) is 16.7. The van der Waals surface area contributed by atoms with Crippen molar-refractivity contribution in [2.24, 2.45) is 0 Å². The number of hydrogen-bond acceptors (Lipinski definition) is 2. The third-order valence-electron chi connectivity index (χ3n) is 5.91. The van der Waals surface area contributed by atoms with Gasteiger partial charge in [0, 0.05) is 17.1 Å². The molecule has 1 fully saturated rings. The Morgan fingerprint density at radius 2 is 1.28 bits per heavy atom. The molecule has 2 nitrogen and oxygen atoms in total. The summed E-state index contributed by atoms with van der Waals surface area (Å²) >= 11 is 0. The number of fused-ring (bicyclic) bond motifs is 2. The van der Waals surface area contributed by atoms with Crippen molar-refractivity contribution >= 4 is 5.69 Å². The second-order valence-electron chi connectivity index (χ2n) is 7.12. The number of hydrogen-bond donors (Lipinski definition) is 2. The number of para-hydroxylation sites is 1. The molecular weight excluding hydrogens is 304 g/mol. The molecule has 2 N–H and O–H groups in total. The van der Waals surface area contributed by atoms with E-state index in [1.165, 1.54) is 22.4 Å². The molecule has 0 bridgehead atoms. The summed E-state index contributed by atoms with van der Waals surface area (Å²) in [6.45, 7) is 1.04. The first-order valence-corrected chi connectivity index (χ1v) is 9.09. The van der Waals surface area contributed by atoms with Crippen LogP contribution < -0.4 is 10.6 Å². The van der Waals surface area contributed by atoms with Crippen LogP contribution in [0.15, 0.2) is 84.9 Å². The quantitative estimate of drug-likeness (QED) is 0.705. The minimum atomic E-state index is 0.0410. The zero-order valence-corrected chi connectivity index (χ0v) is 14.2. The Kier molecular flexibility index (Phi) is 3.39. The lowest BCUT2D eigenvalue weighted by atomic mass is 9.67. The zero-order valence-electron chi connectivity index (χ0n) is 14.2. The first-order valence-electron chi connectivity index (χ1n) is 9.09. The molecule has 1 saturated heterocycles. The Hall–Kier alpha value is -2.58. The lowest BCUT2D eigenvalue weighted by molar-refractivity contribution is 0.343. The van der Waals surface area contributed by atoms with Gasteiger partial charge in [0.2, 0.25) is 0 Å². The highest BCUT2D eigenvalue weighted by Gasteiger charge is 2.55. The van der Waals surface area contributed by atoms with Gasteiger partial charge in [0.05, 0.1) is 6.04 Å². The molecule has 0 amide bonds. The molecule has 0 radical (unpaired) electrons. The smallest absolute Gasteiger partial charge is 0.0630 e. The van der Waals surface area contributed by atoms with E-state index in [9.17, 15) is 0 Å². The van der Waals surface area contributed by atoms with Gasteiger partial charge >= 0.3 is 0 Å². The van der Waals surface area contributed by atoms with Gasteiger partial charge in [-0.3, -0.25) is 0 Å². The lowest BCUT2D eigenvalue weighted by Gasteiger charge is -2.38. The van der Waals surface area contributed by atoms with Crippen molar-refractivity contribution < 1.29 is 0 Å². The van der Waals surface area contributed by atoms with E-state index in [0.717, 1.165) is 13.0 Å². The Morgan fingerprint density at radius 3 is 2.00 bits per heavy atom. The van der Waals surface area contributed by atoms with Gasteiger partial charge in [-0.1, -0.05) is 78.9 Å². The van der Waals surface area contributed by atoms with E-state index in [1.54, 1.807) is 0 Å². The Balaban J connectivity index is 1.71. The Bertz CT molecular complexity index is 875. The van der Waals surface area contributed by atoms with Crippen molar-refractivity contribution in [2.45, 2.75) is 23.9 Å². The summed E-state index contributed by atoms with van der Waals surface area (Å²) in [4.78, 5) is 0. The van der Waals surface area contributed by atoms with E-state index in [1.807, 2.05) is 0 Å². The highest BCUT2D eigenvalue weighted by atomic mass is 15.1. The van der Waals surface area contributed by atoms with E-state index >= 15 is 0 Å². The monoisotopic (exact) mass is 326 g/mol. The van der Waals surface area contributed by atoms with Gasteiger partial charge in [-0.2, -0.15) is 0 Å². The molecule has 2 heterocycles. The van der Waals surface area contributed by atoms with E-state index in [4.69, 9.17) is 0 Å². The summed E-state index contributed by atoms with van der Waals surface area (Å²) in [6.07, 6.45) is 1.14. The molecule has 3 atom stereocenters. The molecule has 124 valence electrons. The molecule has 2 aliphatic rings. The highest BCUT2D eigenvalue weighted by molar-refractivity contribution is 5.65. The van der Waals surface area contributed by atoms with E-state index in [0.29, 0.717) is 6.04 Å². The molecular formula is C23H22N2. The number of benzene rings is 3. The van der Waals surface area contributed by atoms with Crippen molar-refractivity contribution in [1.82, 2.24) is 5.32 Å². The fourth-order valence-electron chi connectivity index (χ4n) is 4.89. The van der Waals surface area contributed by atoms with Crippen LogP contribution >= 0.6 is 0 Å². The molecule has 0 aromatic heterocycles. The van der Waals surface area contributed by atoms with Crippen LogP contribution in [0.3, 0.4) is 0 Å². The fraction of sp³-hybridized carbons (Fsp3) is 0.217. The standard InChI is InChI=1S/C23H22N2/c1-3-9-17(10-4-1)21-23(15-16-24-21)19-13-7-8-14-20(19)25-22(23)18-11-5-2-6-12-18/h1-14,21-22,24-25H,15-16H2. The topological polar surface area (TPSA) is 24.1 Å².